The zero-order valence-corrected chi connectivity index (χ0v) is 23.5. The average Bonchev–Trinajstić information content (AvgIpc) is 2.90. The van der Waals surface area contributed by atoms with Gasteiger partial charge in [0.05, 0.1) is 6.04 Å². The predicted molar refractivity (Wildman–Crippen MR) is 150 cm³/mol. The van der Waals surface area contributed by atoms with Crippen molar-refractivity contribution in [1.82, 2.24) is 15.5 Å². The summed E-state index contributed by atoms with van der Waals surface area (Å²) < 4.78 is 10.9. The molecule has 2 aromatic carbocycles. The molecule has 0 spiro atoms. The zero-order valence-electron chi connectivity index (χ0n) is 22.6. The molecule has 3 amide bonds. The molecular weight excluding hydrogens is 502 g/mol. The Morgan fingerprint density at radius 1 is 1.05 bits per heavy atom. The molecule has 0 aromatic heterocycles. The van der Waals surface area contributed by atoms with Gasteiger partial charge in [0.2, 0.25) is 5.91 Å². The minimum absolute atomic E-state index is 0.0186. The van der Waals surface area contributed by atoms with E-state index >= 15 is 0 Å². The van der Waals surface area contributed by atoms with Crippen LogP contribution in [0.5, 0.6) is 0 Å². The number of hydrogen-bond acceptors (Lipinski definition) is 6. The predicted octanol–water partition coefficient (Wildman–Crippen LogP) is 4.94. The van der Waals surface area contributed by atoms with E-state index in [0.717, 1.165) is 11.1 Å². The fourth-order valence-electron chi connectivity index (χ4n) is 4.38. The van der Waals surface area contributed by atoms with Crippen molar-refractivity contribution in [3.8, 4) is 0 Å². The van der Waals surface area contributed by atoms with Crippen LogP contribution in [0, 0.1) is 0 Å². The molecule has 1 fully saturated rings. The first-order valence-electron chi connectivity index (χ1n) is 13.0. The Balaban J connectivity index is 1.70. The molecule has 38 heavy (non-hydrogen) atoms. The van der Waals surface area contributed by atoms with Gasteiger partial charge in [-0.2, -0.15) is 11.8 Å². The highest BCUT2D eigenvalue weighted by Crippen LogP contribution is 2.29. The highest BCUT2D eigenvalue weighted by atomic mass is 32.2. The Morgan fingerprint density at radius 3 is 2.34 bits per heavy atom. The van der Waals surface area contributed by atoms with Gasteiger partial charge >= 0.3 is 12.2 Å². The van der Waals surface area contributed by atoms with Crippen LogP contribution in [0.15, 0.2) is 60.7 Å². The average molecular weight is 542 g/mol. The topological polar surface area (TPSA) is 97.0 Å². The summed E-state index contributed by atoms with van der Waals surface area (Å²) in [5, 5.41) is 5.87. The summed E-state index contributed by atoms with van der Waals surface area (Å²) in [5.74, 6) is 0.408. The maximum absolute atomic E-state index is 13.5. The molecule has 2 N–H and O–H groups in total. The molecule has 0 bridgehead atoms. The lowest BCUT2D eigenvalue weighted by atomic mass is 9.85. The van der Waals surface area contributed by atoms with Crippen LogP contribution in [0.25, 0.3) is 0 Å². The molecule has 206 valence electrons. The highest BCUT2D eigenvalue weighted by Gasteiger charge is 2.36. The summed E-state index contributed by atoms with van der Waals surface area (Å²) >= 11 is 1.60. The molecule has 3 atom stereocenters. The van der Waals surface area contributed by atoms with E-state index in [1.54, 1.807) is 16.7 Å². The van der Waals surface area contributed by atoms with Crippen molar-refractivity contribution in [3.05, 3.63) is 71.8 Å². The highest BCUT2D eigenvalue weighted by molar-refractivity contribution is 7.98. The van der Waals surface area contributed by atoms with Gasteiger partial charge in [-0.3, -0.25) is 4.79 Å². The number of carbonyl (C=O) groups is 3. The van der Waals surface area contributed by atoms with Gasteiger partial charge in [-0.05, 0) is 56.7 Å². The Kier molecular flexibility index (Phi) is 10.9. The third-order valence-corrected chi connectivity index (χ3v) is 6.90. The minimum atomic E-state index is -0.765. The Labute approximate surface area is 229 Å². The fourth-order valence-corrected chi connectivity index (χ4v) is 4.86. The van der Waals surface area contributed by atoms with Crippen molar-refractivity contribution in [2.45, 2.75) is 63.8 Å². The zero-order chi connectivity index (χ0) is 27.5. The quantitative estimate of drug-likeness (QED) is 0.467. The second kappa shape index (κ2) is 14.1. The van der Waals surface area contributed by atoms with E-state index in [-0.39, 0.29) is 24.5 Å². The number of ether oxygens (including phenoxy) is 2. The summed E-state index contributed by atoms with van der Waals surface area (Å²) in [6, 6.07) is 18.3. The van der Waals surface area contributed by atoms with Crippen molar-refractivity contribution in [3.63, 3.8) is 0 Å². The monoisotopic (exact) mass is 541 g/mol. The second-order valence-corrected chi connectivity index (χ2v) is 11.4. The van der Waals surface area contributed by atoms with E-state index in [1.807, 2.05) is 87.7 Å². The summed E-state index contributed by atoms with van der Waals surface area (Å²) in [5.41, 5.74) is 1.35. The number of piperidine rings is 1. The van der Waals surface area contributed by atoms with E-state index in [4.69, 9.17) is 9.47 Å². The number of alkyl carbamates (subject to hydrolysis) is 1. The Morgan fingerprint density at radius 2 is 1.71 bits per heavy atom. The largest absolute Gasteiger partial charge is 0.445 e. The molecule has 0 radical (unpaired) electrons. The van der Waals surface area contributed by atoms with Crippen LogP contribution in [0.2, 0.25) is 0 Å². The molecule has 3 rings (SSSR count). The summed E-state index contributed by atoms with van der Waals surface area (Å²) in [7, 11) is 0. The normalized spacial score (nSPS) is 18.3. The number of thioether (sulfide) groups is 1. The molecule has 0 saturated carbocycles. The molecule has 1 saturated heterocycles. The molecule has 0 aliphatic carbocycles. The SMILES string of the molecule is CSCCC(NC(=O)OCc1ccccc1)C(=O)N[C@@H]1CN(C(=O)OC(C)(C)C)CC[C@H]1c1ccccc1. The van der Waals surface area contributed by atoms with Gasteiger partial charge in [-0.25, -0.2) is 9.59 Å². The van der Waals surface area contributed by atoms with Crippen LogP contribution in [0.3, 0.4) is 0 Å². The first kappa shape index (κ1) is 29.4. The standard InChI is InChI=1S/C29H39N3O5S/c1-29(2,3)37-28(35)32-17-15-23(22-13-9-6-10-14-22)25(19-32)30-26(33)24(16-18-38-4)31-27(34)36-20-21-11-7-5-8-12-21/h5-14,23-25H,15-20H2,1-4H3,(H,30,33)(H,31,34)/t23-,24?,25+/m0/s1. The maximum atomic E-state index is 13.5. The smallest absolute Gasteiger partial charge is 0.410 e. The molecule has 1 unspecified atom stereocenters. The Hall–Kier alpha value is -3.20. The van der Waals surface area contributed by atoms with Crippen molar-refractivity contribution in [2.75, 3.05) is 25.1 Å². The van der Waals surface area contributed by atoms with E-state index in [0.29, 0.717) is 31.7 Å². The second-order valence-electron chi connectivity index (χ2n) is 10.4. The van der Waals surface area contributed by atoms with Crippen LogP contribution in [-0.4, -0.2) is 65.8 Å². The van der Waals surface area contributed by atoms with Crippen LogP contribution in [0.1, 0.15) is 50.7 Å². The molecule has 9 heteroatoms. The number of nitrogens with zero attached hydrogens (tertiary/aromatic N) is 1. The molecule has 1 aliphatic rings. The Bertz CT molecular complexity index is 1050. The maximum Gasteiger partial charge on any atom is 0.410 e. The number of hydrogen-bond donors (Lipinski definition) is 2. The summed E-state index contributed by atoms with van der Waals surface area (Å²) in [6.07, 6.45) is 2.04. The minimum Gasteiger partial charge on any atom is -0.445 e. The van der Waals surface area contributed by atoms with Crippen molar-refractivity contribution in [2.24, 2.45) is 0 Å². The van der Waals surface area contributed by atoms with Crippen molar-refractivity contribution < 1.29 is 23.9 Å². The summed E-state index contributed by atoms with van der Waals surface area (Å²) in [6.45, 7) is 6.46. The number of likely N-dealkylation sites (tertiary alicyclic amines) is 1. The lowest BCUT2D eigenvalue weighted by Crippen LogP contribution is -2.57. The van der Waals surface area contributed by atoms with E-state index < -0.39 is 23.8 Å². The van der Waals surface area contributed by atoms with Crippen LogP contribution < -0.4 is 10.6 Å². The van der Waals surface area contributed by atoms with Gasteiger partial charge in [0, 0.05) is 19.0 Å². The first-order valence-corrected chi connectivity index (χ1v) is 14.3. The third-order valence-electron chi connectivity index (χ3n) is 6.25. The van der Waals surface area contributed by atoms with Gasteiger partial charge in [-0.15, -0.1) is 0 Å². The number of nitrogens with one attached hydrogen (secondary N) is 2. The van der Waals surface area contributed by atoms with Crippen molar-refractivity contribution in [1.29, 1.82) is 0 Å². The molecule has 1 aliphatic heterocycles. The molecule has 1 heterocycles. The van der Waals surface area contributed by atoms with E-state index in [1.165, 1.54) is 0 Å². The summed E-state index contributed by atoms with van der Waals surface area (Å²) in [4.78, 5) is 40.5. The first-order chi connectivity index (χ1) is 18.2. The third kappa shape index (κ3) is 9.28. The van der Waals surface area contributed by atoms with Gasteiger partial charge < -0.3 is 25.0 Å². The van der Waals surface area contributed by atoms with Gasteiger partial charge in [0.15, 0.2) is 0 Å². The number of rotatable bonds is 9. The van der Waals surface area contributed by atoms with E-state index in [2.05, 4.69) is 10.6 Å². The van der Waals surface area contributed by atoms with Crippen LogP contribution >= 0.6 is 11.8 Å². The molecule has 2 aromatic rings. The lowest BCUT2D eigenvalue weighted by molar-refractivity contribution is -0.124. The van der Waals surface area contributed by atoms with Gasteiger partial charge in [0.25, 0.3) is 0 Å². The van der Waals surface area contributed by atoms with Gasteiger partial charge in [-0.1, -0.05) is 60.7 Å². The molecular formula is C29H39N3O5S. The van der Waals surface area contributed by atoms with Crippen LogP contribution in [-0.2, 0) is 20.9 Å². The van der Waals surface area contributed by atoms with E-state index in [9.17, 15) is 14.4 Å². The number of benzene rings is 2. The molecule has 8 nitrogen and oxygen atoms in total. The lowest BCUT2D eigenvalue weighted by Gasteiger charge is -2.40. The number of amides is 3. The van der Waals surface area contributed by atoms with Crippen molar-refractivity contribution >= 4 is 29.9 Å². The fraction of sp³-hybridized carbons (Fsp3) is 0.483. The van der Waals surface area contributed by atoms with Crippen LogP contribution in [0.4, 0.5) is 9.59 Å². The number of carbonyl (C=O) groups excluding carboxylic acids is 3. The van der Waals surface area contributed by atoms with Gasteiger partial charge in [0.1, 0.15) is 18.2 Å².